The first kappa shape index (κ1) is 22.2. The van der Waals surface area contributed by atoms with Crippen LogP contribution in [-0.2, 0) is 13.0 Å². The van der Waals surface area contributed by atoms with E-state index in [1.165, 1.54) is 29.3 Å². The van der Waals surface area contributed by atoms with E-state index in [0.717, 1.165) is 38.0 Å². The van der Waals surface area contributed by atoms with Crippen LogP contribution in [0.25, 0.3) is 0 Å². The molecule has 3 aromatic rings. The van der Waals surface area contributed by atoms with Gasteiger partial charge in [-0.25, -0.2) is 9.18 Å². The average molecular weight is 479 g/mol. The number of rotatable bonds is 5. The molecule has 2 aliphatic rings. The molecule has 5 rings (SSSR count). The first-order chi connectivity index (χ1) is 16.5. The summed E-state index contributed by atoms with van der Waals surface area (Å²) in [6.45, 7) is 1.53. The number of urea groups is 1. The molecule has 1 fully saturated rings. The van der Waals surface area contributed by atoms with Crippen molar-refractivity contribution in [3.05, 3.63) is 88.2 Å². The van der Waals surface area contributed by atoms with Crippen molar-refractivity contribution in [1.82, 2.24) is 5.32 Å². The number of benzene rings is 3. The fourth-order valence-electron chi connectivity index (χ4n) is 4.13. The molecule has 0 spiro atoms. The second-order valence-electron chi connectivity index (χ2n) is 8.63. The van der Waals surface area contributed by atoms with Crippen LogP contribution in [0.2, 0.25) is 5.02 Å². The van der Waals surface area contributed by atoms with Crippen LogP contribution in [0.15, 0.2) is 60.7 Å². The van der Waals surface area contributed by atoms with Gasteiger partial charge < -0.3 is 20.9 Å². The maximum atomic E-state index is 13.4. The van der Waals surface area contributed by atoms with Gasteiger partial charge in [0.2, 0.25) is 0 Å². The molecule has 3 amide bonds. The summed E-state index contributed by atoms with van der Waals surface area (Å²) in [6.07, 6.45) is 2.87. The Morgan fingerprint density at radius 1 is 0.941 bits per heavy atom. The van der Waals surface area contributed by atoms with E-state index in [0.29, 0.717) is 16.9 Å². The fourth-order valence-corrected chi connectivity index (χ4v) is 4.31. The highest BCUT2D eigenvalue weighted by Crippen LogP contribution is 2.31. The summed E-state index contributed by atoms with van der Waals surface area (Å²) in [4.78, 5) is 27.8. The van der Waals surface area contributed by atoms with E-state index in [1.807, 2.05) is 12.1 Å². The van der Waals surface area contributed by atoms with Gasteiger partial charge in [0.05, 0.1) is 10.6 Å². The first-order valence-electron chi connectivity index (χ1n) is 11.3. The molecule has 174 valence electrons. The molecule has 0 bridgehead atoms. The van der Waals surface area contributed by atoms with E-state index in [9.17, 15) is 14.0 Å². The molecule has 34 heavy (non-hydrogen) atoms. The van der Waals surface area contributed by atoms with Gasteiger partial charge in [0.25, 0.3) is 5.91 Å². The minimum Gasteiger partial charge on any atom is -0.366 e. The topological polar surface area (TPSA) is 73.5 Å². The molecule has 0 unspecified atom stereocenters. The molecular weight excluding hydrogens is 455 g/mol. The first-order valence-corrected chi connectivity index (χ1v) is 11.6. The minimum absolute atomic E-state index is 0.0794. The lowest BCUT2D eigenvalue weighted by molar-refractivity contribution is 0.0951. The third-order valence-electron chi connectivity index (χ3n) is 6.06. The highest BCUT2D eigenvalue weighted by atomic mass is 35.5. The zero-order valence-electron chi connectivity index (χ0n) is 18.4. The Bertz CT molecular complexity index is 1260. The van der Waals surface area contributed by atoms with Crippen molar-refractivity contribution in [3.63, 3.8) is 0 Å². The number of amides is 3. The predicted octanol–water partition coefficient (Wildman–Crippen LogP) is 5.58. The summed E-state index contributed by atoms with van der Waals surface area (Å²) < 4.78 is 13.4. The van der Waals surface area contributed by atoms with Gasteiger partial charge in [-0.1, -0.05) is 35.9 Å². The molecule has 0 atom stereocenters. The molecule has 6 nitrogen and oxygen atoms in total. The summed E-state index contributed by atoms with van der Waals surface area (Å²) >= 11 is 5.79. The van der Waals surface area contributed by atoms with Gasteiger partial charge in [-0.3, -0.25) is 4.79 Å². The smallest absolute Gasteiger partial charge is 0.323 e. The van der Waals surface area contributed by atoms with Crippen molar-refractivity contribution in [1.29, 1.82) is 0 Å². The molecule has 0 radical (unpaired) electrons. The van der Waals surface area contributed by atoms with Gasteiger partial charge >= 0.3 is 6.03 Å². The molecule has 1 saturated carbocycles. The predicted molar refractivity (Wildman–Crippen MR) is 132 cm³/mol. The molecule has 3 N–H and O–H groups in total. The highest BCUT2D eigenvalue weighted by molar-refractivity contribution is 6.31. The number of hydrogen-bond donors (Lipinski definition) is 3. The normalized spacial score (nSPS) is 14.8. The van der Waals surface area contributed by atoms with Gasteiger partial charge in [0.1, 0.15) is 5.82 Å². The zero-order valence-corrected chi connectivity index (χ0v) is 19.2. The number of carbonyl (C=O) groups is 2. The second-order valence-corrected chi connectivity index (χ2v) is 9.04. The molecule has 1 aliphatic heterocycles. The van der Waals surface area contributed by atoms with Gasteiger partial charge in [-0.15, -0.1) is 0 Å². The number of nitrogens with one attached hydrogen (secondary N) is 3. The van der Waals surface area contributed by atoms with Crippen molar-refractivity contribution in [2.45, 2.75) is 31.8 Å². The Kier molecular flexibility index (Phi) is 6.11. The molecule has 1 heterocycles. The maximum Gasteiger partial charge on any atom is 0.323 e. The van der Waals surface area contributed by atoms with Crippen molar-refractivity contribution in [3.8, 4) is 0 Å². The largest absolute Gasteiger partial charge is 0.366 e. The fraction of sp³-hybridized carbons (Fsp3) is 0.231. The number of carbonyl (C=O) groups excluding carboxylic acids is 2. The lowest BCUT2D eigenvalue weighted by Crippen LogP contribution is -2.33. The van der Waals surface area contributed by atoms with E-state index < -0.39 is 11.8 Å². The highest BCUT2D eigenvalue weighted by Gasteiger charge is 2.27. The van der Waals surface area contributed by atoms with Crippen LogP contribution in [0, 0.1) is 5.82 Å². The van der Waals surface area contributed by atoms with E-state index in [1.54, 1.807) is 12.1 Å². The summed E-state index contributed by atoms with van der Waals surface area (Å²) in [5.41, 5.74) is 4.78. The van der Waals surface area contributed by atoms with Crippen LogP contribution in [0.4, 0.5) is 26.2 Å². The van der Waals surface area contributed by atoms with E-state index in [4.69, 9.17) is 11.6 Å². The number of hydrogen-bond acceptors (Lipinski definition) is 3. The maximum absolute atomic E-state index is 13.4. The van der Waals surface area contributed by atoms with Crippen LogP contribution in [0.1, 0.15) is 34.3 Å². The molecule has 3 aromatic carbocycles. The van der Waals surface area contributed by atoms with Crippen LogP contribution in [-0.4, -0.2) is 24.5 Å². The third-order valence-corrected chi connectivity index (χ3v) is 6.35. The zero-order chi connectivity index (χ0) is 23.7. The lowest BCUT2D eigenvalue weighted by Gasteiger charge is -2.32. The molecule has 1 aliphatic carbocycles. The number of fused-ring (bicyclic) bond motifs is 1. The second kappa shape index (κ2) is 9.35. The number of halogens is 2. The van der Waals surface area contributed by atoms with E-state index in [-0.39, 0.29) is 17.0 Å². The van der Waals surface area contributed by atoms with Gasteiger partial charge in [0, 0.05) is 36.2 Å². The summed E-state index contributed by atoms with van der Waals surface area (Å²) in [5, 5.41) is 8.35. The van der Waals surface area contributed by atoms with Crippen LogP contribution in [0.5, 0.6) is 0 Å². The third kappa shape index (κ3) is 4.99. The van der Waals surface area contributed by atoms with Crippen LogP contribution >= 0.6 is 11.6 Å². The molecule has 0 aromatic heterocycles. The van der Waals surface area contributed by atoms with Gasteiger partial charge in [-0.05, 0) is 66.8 Å². The quantitative estimate of drug-likeness (QED) is 0.448. The SMILES string of the molecule is O=C(Nc1ccc(F)c(Cl)c1)Nc1ccc(N2CCc3ccccc3C2)c(C(=O)NC2CC2)c1. The Labute approximate surface area is 202 Å². The Morgan fingerprint density at radius 3 is 2.38 bits per heavy atom. The summed E-state index contributed by atoms with van der Waals surface area (Å²) in [5.74, 6) is -0.708. The van der Waals surface area contributed by atoms with Crippen molar-refractivity contribution in [2.75, 3.05) is 22.1 Å². The molecular formula is C26H24ClFN4O2. The van der Waals surface area contributed by atoms with Gasteiger partial charge in [-0.2, -0.15) is 0 Å². The average Bonchev–Trinajstić information content (AvgIpc) is 3.65. The summed E-state index contributed by atoms with van der Waals surface area (Å²) in [6, 6.07) is 17.3. The van der Waals surface area contributed by atoms with Crippen molar-refractivity contribution >= 4 is 40.6 Å². The minimum atomic E-state index is -0.560. The van der Waals surface area contributed by atoms with Gasteiger partial charge in [0.15, 0.2) is 0 Å². The monoisotopic (exact) mass is 478 g/mol. The van der Waals surface area contributed by atoms with E-state index >= 15 is 0 Å². The van der Waals surface area contributed by atoms with E-state index in [2.05, 4.69) is 39.0 Å². The Hall–Kier alpha value is -3.58. The Morgan fingerprint density at radius 2 is 1.65 bits per heavy atom. The Balaban J connectivity index is 1.37. The number of anilines is 3. The van der Waals surface area contributed by atoms with Crippen molar-refractivity contribution < 1.29 is 14.0 Å². The molecule has 8 heteroatoms. The standard InChI is InChI=1S/C26H24ClFN4O2/c27-22-14-20(7-9-23(22)28)31-26(34)30-19-8-10-24(21(13-19)25(33)29-18-5-6-18)32-12-11-16-3-1-2-4-17(16)15-32/h1-4,7-10,13-14,18H,5-6,11-12,15H2,(H,29,33)(H2,30,31,34). The lowest BCUT2D eigenvalue weighted by atomic mass is 9.98. The van der Waals surface area contributed by atoms with Crippen molar-refractivity contribution in [2.24, 2.45) is 0 Å². The molecule has 0 saturated heterocycles. The summed E-state index contributed by atoms with van der Waals surface area (Å²) in [7, 11) is 0. The van der Waals surface area contributed by atoms with Crippen LogP contribution in [0.3, 0.4) is 0 Å². The van der Waals surface area contributed by atoms with Crippen LogP contribution < -0.4 is 20.9 Å². The number of nitrogens with zero attached hydrogens (tertiary/aromatic N) is 1.